The Labute approximate surface area is 130 Å². The average Bonchev–Trinajstić information content (AvgIpc) is 2.74. The molecular weight excluding hydrogens is 332 g/mol. The molecule has 0 aliphatic carbocycles. The van der Waals surface area contributed by atoms with Crippen LogP contribution in [0.5, 0.6) is 0 Å². The van der Waals surface area contributed by atoms with Crippen LogP contribution in [0.1, 0.15) is 28.5 Å². The number of pyridine rings is 1. The van der Waals surface area contributed by atoms with Crippen LogP contribution < -0.4 is 4.90 Å². The molecule has 0 bridgehead atoms. The number of amides is 1. The number of fused-ring (bicyclic) bond motifs is 1. The number of aromatic nitrogens is 1. The van der Waals surface area contributed by atoms with Gasteiger partial charge in [-0.1, -0.05) is 13.0 Å². The van der Waals surface area contributed by atoms with Crippen LogP contribution in [0, 0.1) is 0 Å². The monoisotopic (exact) mass is 344 g/mol. The number of hydrogen-bond donors (Lipinski definition) is 0. The number of carbonyl (C=O) groups excluding carboxylic acids is 2. The number of benzene rings is 1. The van der Waals surface area contributed by atoms with E-state index in [4.69, 9.17) is 0 Å². The average molecular weight is 345 g/mol. The molecule has 1 aromatic heterocycles. The Morgan fingerprint density at radius 3 is 2.67 bits per heavy atom. The van der Waals surface area contributed by atoms with Gasteiger partial charge in [-0.2, -0.15) is 0 Å². The molecule has 0 atom stereocenters. The molecule has 2 aromatic rings. The Hall–Kier alpha value is -2.01. The molecule has 1 aromatic carbocycles. The highest BCUT2D eigenvalue weighted by Crippen LogP contribution is 2.31. The van der Waals surface area contributed by atoms with Gasteiger partial charge in [0.15, 0.2) is 0 Å². The maximum absolute atomic E-state index is 12.2. The topological polar surface area (TPSA) is 50.3 Å². The fourth-order valence-electron chi connectivity index (χ4n) is 2.39. The lowest BCUT2D eigenvalue weighted by molar-refractivity contribution is -0.114. The molecule has 0 spiro atoms. The quantitative estimate of drug-likeness (QED) is 0.803. The summed E-state index contributed by atoms with van der Waals surface area (Å²) >= 11 is 3.32. The van der Waals surface area contributed by atoms with Crippen LogP contribution in [0.15, 0.2) is 41.0 Å². The van der Waals surface area contributed by atoms with Crippen LogP contribution in [-0.4, -0.2) is 16.7 Å². The van der Waals surface area contributed by atoms with E-state index < -0.39 is 11.7 Å². The van der Waals surface area contributed by atoms with Gasteiger partial charge in [0.25, 0.3) is 11.7 Å². The molecule has 1 amide bonds. The second-order valence-electron chi connectivity index (χ2n) is 4.89. The lowest BCUT2D eigenvalue weighted by atomic mass is 10.1. The van der Waals surface area contributed by atoms with Crippen molar-refractivity contribution in [3.05, 3.63) is 57.8 Å². The number of halogens is 1. The van der Waals surface area contributed by atoms with Gasteiger partial charge < -0.3 is 0 Å². The normalized spacial score (nSPS) is 13.7. The highest BCUT2D eigenvalue weighted by Gasteiger charge is 2.35. The summed E-state index contributed by atoms with van der Waals surface area (Å²) < 4.78 is 0.878. The Morgan fingerprint density at radius 1 is 1.19 bits per heavy atom. The van der Waals surface area contributed by atoms with E-state index in [0.717, 1.165) is 22.2 Å². The molecule has 0 saturated heterocycles. The standard InChI is InChI=1S/C16H13BrN2O2/c1-2-10-3-6-14-13(7-10)15(20)16(21)19(14)9-12-5-4-11(17)8-18-12/h3-8H,2,9H2,1H3. The summed E-state index contributed by atoms with van der Waals surface area (Å²) in [5.74, 6) is -0.916. The first kappa shape index (κ1) is 13.9. The zero-order chi connectivity index (χ0) is 15.0. The van der Waals surface area contributed by atoms with E-state index >= 15 is 0 Å². The number of anilines is 1. The van der Waals surface area contributed by atoms with E-state index in [-0.39, 0.29) is 0 Å². The second-order valence-corrected chi connectivity index (χ2v) is 5.81. The van der Waals surface area contributed by atoms with Crippen LogP contribution in [0.2, 0.25) is 0 Å². The van der Waals surface area contributed by atoms with Crippen LogP contribution in [-0.2, 0) is 17.8 Å². The number of nitrogens with zero attached hydrogens (tertiary/aromatic N) is 2. The molecule has 0 saturated carbocycles. The molecule has 4 nitrogen and oxygen atoms in total. The predicted molar refractivity (Wildman–Crippen MR) is 83.3 cm³/mol. The highest BCUT2D eigenvalue weighted by molar-refractivity contribution is 9.10. The smallest absolute Gasteiger partial charge is 0.299 e. The summed E-state index contributed by atoms with van der Waals surface area (Å²) in [7, 11) is 0. The van der Waals surface area contributed by atoms with Gasteiger partial charge in [-0.25, -0.2) is 0 Å². The number of hydrogen-bond acceptors (Lipinski definition) is 3. The van der Waals surface area contributed by atoms with E-state index in [2.05, 4.69) is 20.9 Å². The van der Waals surface area contributed by atoms with Crippen molar-refractivity contribution >= 4 is 33.3 Å². The summed E-state index contributed by atoms with van der Waals surface area (Å²) in [5.41, 5.74) is 2.97. The van der Waals surface area contributed by atoms with E-state index in [1.807, 2.05) is 37.3 Å². The molecular formula is C16H13BrN2O2. The van der Waals surface area contributed by atoms with Crippen molar-refractivity contribution in [2.45, 2.75) is 19.9 Å². The summed E-state index contributed by atoms with van der Waals surface area (Å²) in [6.45, 7) is 2.32. The Morgan fingerprint density at radius 2 is 2.00 bits per heavy atom. The molecule has 0 unspecified atom stereocenters. The number of aryl methyl sites for hydroxylation is 1. The van der Waals surface area contributed by atoms with Crippen molar-refractivity contribution in [1.29, 1.82) is 0 Å². The Balaban J connectivity index is 1.96. The van der Waals surface area contributed by atoms with Gasteiger partial charge >= 0.3 is 0 Å². The van der Waals surface area contributed by atoms with Crippen molar-refractivity contribution in [2.24, 2.45) is 0 Å². The van der Waals surface area contributed by atoms with E-state index in [1.54, 1.807) is 6.20 Å². The second kappa shape index (κ2) is 5.41. The maximum atomic E-state index is 12.2. The SMILES string of the molecule is CCc1ccc2c(c1)C(=O)C(=O)N2Cc1ccc(Br)cn1. The first-order valence-electron chi connectivity index (χ1n) is 6.69. The van der Waals surface area contributed by atoms with Crippen LogP contribution in [0.3, 0.4) is 0 Å². The lowest BCUT2D eigenvalue weighted by Crippen LogP contribution is -2.29. The first-order chi connectivity index (χ1) is 10.1. The van der Waals surface area contributed by atoms with E-state index in [0.29, 0.717) is 17.8 Å². The third-order valence-electron chi connectivity index (χ3n) is 3.55. The molecule has 1 aliphatic rings. The molecule has 0 N–H and O–H groups in total. The van der Waals surface area contributed by atoms with Gasteiger partial charge in [-0.15, -0.1) is 0 Å². The highest BCUT2D eigenvalue weighted by atomic mass is 79.9. The molecule has 21 heavy (non-hydrogen) atoms. The lowest BCUT2D eigenvalue weighted by Gasteiger charge is -2.16. The van der Waals surface area contributed by atoms with Gasteiger partial charge in [0.1, 0.15) is 0 Å². The summed E-state index contributed by atoms with van der Waals surface area (Å²) in [4.78, 5) is 30.0. The zero-order valence-corrected chi connectivity index (χ0v) is 13.1. The molecule has 106 valence electrons. The number of Topliss-reactive ketones (excluding diaryl/α,β-unsaturated/α-hetero) is 1. The summed E-state index contributed by atoms with van der Waals surface area (Å²) in [6.07, 6.45) is 2.52. The minimum atomic E-state index is -0.483. The Kier molecular flexibility index (Phi) is 3.59. The fraction of sp³-hybridized carbons (Fsp3) is 0.188. The molecule has 2 heterocycles. The van der Waals surface area contributed by atoms with Crippen molar-refractivity contribution in [1.82, 2.24) is 4.98 Å². The third-order valence-corrected chi connectivity index (χ3v) is 4.02. The minimum absolute atomic E-state index is 0.302. The van der Waals surface area contributed by atoms with Gasteiger partial charge in [0, 0.05) is 10.7 Å². The third kappa shape index (κ3) is 2.49. The number of carbonyl (C=O) groups is 2. The van der Waals surface area contributed by atoms with Gasteiger partial charge in [0.2, 0.25) is 0 Å². The number of ketones is 1. The van der Waals surface area contributed by atoms with Crippen molar-refractivity contribution < 1.29 is 9.59 Å². The van der Waals surface area contributed by atoms with Gasteiger partial charge in [0.05, 0.1) is 23.5 Å². The van der Waals surface area contributed by atoms with Crippen LogP contribution in [0.25, 0.3) is 0 Å². The summed E-state index contributed by atoms with van der Waals surface area (Å²) in [5, 5.41) is 0. The largest absolute Gasteiger partial charge is 0.299 e. The van der Waals surface area contributed by atoms with E-state index in [1.165, 1.54) is 4.90 Å². The van der Waals surface area contributed by atoms with Crippen molar-refractivity contribution in [3.8, 4) is 0 Å². The molecule has 1 aliphatic heterocycles. The first-order valence-corrected chi connectivity index (χ1v) is 7.49. The number of rotatable bonds is 3. The molecule has 0 fully saturated rings. The Bertz CT molecular complexity index is 726. The minimum Gasteiger partial charge on any atom is -0.299 e. The molecule has 3 rings (SSSR count). The maximum Gasteiger partial charge on any atom is 0.299 e. The summed E-state index contributed by atoms with van der Waals surface area (Å²) in [6, 6.07) is 9.30. The van der Waals surface area contributed by atoms with Crippen LogP contribution in [0.4, 0.5) is 5.69 Å². The van der Waals surface area contributed by atoms with Crippen molar-refractivity contribution in [2.75, 3.05) is 4.90 Å². The predicted octanol–water partition coefficient (Wildman–Crippen LogP) is 3.14. The van der Waals surface area contributed by atoms with E-state index in [9.17, 15) is 9.59 Å². The zero-order valence-electron chi connectivity index (χ0n) is 11.5. The van der Waals surface area contributed by atoms with Gasteiger partial charge in [-0.3, -0.25) is 19.5 Å². The van der Waals surface area contributed by atoms with Crippen LogP contribution >= 0.6 is 15.9 Å². The van der Waals surface area contributed by atoms with Crippen molar-refractivity contribution in [3.63, 3.8) is 0 Å². The fourth-order valence-corrected chi connectivity index (χ4v) is 2.62. The van der Waals surface area contributed by atoms with Gasteiger partial charge in [-0.05, 0) is 52.2 Å². The molecule has 5 heteroatoms. The molecule has 0 radical (unpaired) electrons.